The lowest BCUT2D eigenvalue weighted by Crippen LogP contribution is -2.39. The van der Waals surface area contributed by atoms with Gasteiger partial charge in [-0.3, -0.25) is 0 Å². The molecule has 0 heterocycles. The van der Waals surface area contributed by atoms with E-state index in [1.54, 1.807) is 11.8 Å². The zero-order chi connectivity index (χ0) is 9.47. The van der Waals surface area contributed by atoms with E-state index in [9.17, 15) is 10.2 Å². The molecule has 0 radical (unpaired) electrons. The van der Waals surface area contributed by atoms with Gasteiger partial charge in [-0.1, -0.05) is 18.2 Å². The molecule has 1 saturated carbocycles. The zero-order valence-electron chi connectivity index (χ0n) is 7.60. The number of thioether (sulfide) groups is 1. The first kappa shape index (κ1) is 9.31. The molecule has 0 spiro atoms. The van der Waals surface area contributed by atoms with Crippen LogP contribution in [0.2, 0.25) is 0 Å². The zero-order valence-corrected chi connectivity index (χ0v) is 8.42. The predicted octanol–water partition coefficient (Wildman–Crippen LogP) is 1.10. The molecule has 0 amide bonds. The minimum atomic E-state index is -0.784. The van der Waals surface area contributed by atoms with Crippen LogP contribution in [0.4, 0.5) is 0 Å². The topological polar surface area (TPSA) is 40.5 Å². The Bertz CT molecular complexity index is 272. The van der Waals surface area contributed by atoms with Gasteiger partial charge in [-0.2, -0.15) is 11.8 Å². The SMILES string of the molecule is CSC1C=CC=C2CC(O)CC21O. The van der Waals surface area contributed by atoms with Crippen molar-refractivity contribution < 1.29 is 10.2 Å². The number of hydrogen-bond donors (Lipinski definition) is 2. The van der Waals surface area contributed by atoms with Crippen LogP contribution in [0.25, 0.3) is 0 Å². The van der Waals surface area contributed by atoms with Crippen LogP contribution >= 0.6 is 11.8 Å². The number of fused-ring (bicyclic) bond motifs is 1. The minimum absolute atomic E-state index is 0.102. The van der Waals surface area contributed by atoms with Crippen molar-refractivity contribution in [3.63, 3.8) is 0 Å². The Balaban J connectivity index is 2.32. The van der Waals surface area contributed by atoms with E-state index in [-0.39, 0.29) is 11.4 Å². The fourth-order valence-corrected chi connectivity index (χ4v) is 3.10. The van der Waals surface area contributed by atoms with E-state index < -0.39 is 5.60 Å². The van der Waals surface area contributed by atoms with E-state index in [4.69, 9.17) is 0 Å². The lowest BCUT2D eigenvalue weighted by atomic mass is 9.89. The summed E-state index contributed by atoms with van der Waals surface area (Å²) in [6.45, 7) is 0. The maximum atomic E-state index is 10.3. The highest BCUT2D eigenvalue weighted by Gasteiger charge is 2.46. The average Bonchev–Trinajstić information content (AvgIpc) is 2.38. The standard InChI is InChI=1S/C10H14O2S/c1-13-9-4-2-3-7-5-8(11)6-10(7,9)12/h2-4,8-9,11-12H,5-6H2,1H3. The van der Waals surface area contributed by atoms with Crippen LogP contribution in [0.1, 0.15) is 12.8 Å². The number of aliphatic hydroxyl groups excluding tert-OH is 1. The van der Waals surface area contributed by atoms with Crippen molar-refractivity contribution in [1.29, 1.82) is 0 Å². The molecule has 13 heavy (non-hydrogen) atoms. The van der Waals surface area contributed by atoms with Crippen LogP contribution in [-0.4, -0.2) is 33.4 Å². The van der Waals surface area contributed by atoms with Gasteiger partial charge in [0, 0.05) is 6.42 Å². The first-order chi connectivity index (χ1) is 6.16. The third kappa shape index (κ3) is 1.35. The summed E-state index contributed by atoms with van der Waals surface area (Å²) in [5.41, 5.74) is 0.204. The van der Waals surface area contributed by atoms with Crippen molar-refractivity contribution in [2.75, 3.05) is 6.26 Å². The average molecular weight is 198 g/mol. The molecule has 2 aliphatic carbocycles. The molecule has 0 aromatic heterocycles. The molecule has 0 bridgehead atoms. The third-order valence-electron chi connectivity index (χ3n) is 2.87. The van der Waals surface area contributed by atoms with Gasteiger partial charge in [0.05, 0.1) is 11.4 Å². The van der Waals surface area contributed by atoms with Gasteiger partial charge >= 0.3 is 0 Å². The van der Waals surface area contributed by atoms with Crippen molar-refractivity contribution in [3.8, 4) is 0 Å². The van der Waals surface area contributed by atoms with Crippen LogP contribution in [0, 0.1) is 0 Å². The summed E-state index contributed by atoms with van der Waals surface area (Å²) < 4.78 is 0. The summed E-state index contributed by atoms with van der Waals surface area (Å²) in [7, 11) is 0. The molecule has 0 aromatic carbocycles. The molecule has 0 saturated heterocycles. The summed E-state index contributed by atoms with van der Waals surface area (Å²) in [6, 6.07) is 0. The largest absolute Gasteiger partial charge is 0.393 e. The Hall–Kier alpha value is -0.250. The van der Waals surface area contributed by atoms with Crippen molar-refractivity contribution in [2.45, 2.75) is 29.8 Å². The lowest BCUT2D eigenvalue weighted by molar-refractivity contribution is 0.0628. The highest BCUT2D eigenvalue weighted by atomic mass is 32.2. The van der Waals surface area contributed by atoms with Crippen LogP contribution in [0.3, 0.4) is 0 Å². The maximum absolute atomic E-state index is 10.3. The van der Waals surface area contributed by atoms with Gasteiger partial charge in [-0.25, -0.2) is 0 Å². The van der Waals surface area contributed by atoms with Crippen molar-refractivity contribution in [3.05, 3.63) is 23.8 Å². The minimum Gasteiger partial charge on any atom is -0.393 e. The van der Waals surface area contributed by atoms with E-state index in [1.807, 2.05) is 24.5 Å². The summed E-state index contributed by atoms with van der Waals surface area (Å²) in [6.07, 6.45) is 8.64. The second-order valence-electron chi connectivity index (χ2n) is 3.72. The molecule has 3 unspecified atom stereocenters. The van der Waals surface area contributed by atoms with Crippen LogP contribution in [0.15, 0.2) is 23.8 Å². The van der Waals surface area contributed by atoms with E-state index in [1.165, 1.54) is 0 Å². The molecule has 72 valence electrons. The predicted molar refractivity (Wildman–Crippen MR) is 54.7 cm³/mol. The van der Waals surface area contributed by atoms with Gasteiger partial charge in [0.25, 0.3) is 0 Å². The summed E-state index contributed by atoms with van der Waals surface area (Å²) >= 11 is 1.63. The fourth-order valence-electron chi connectivity index (χ4n) is 2.21. The number of hydrogen-bond acceptors (Lipinski definition) is 3. The van der Waals surface area contributed by atoms with E-state index in [0.717, 1.165) is 5.57 Å². The number of allylic oxidation sites excluding steroid dienone is 2. The first-order valence-electron chi connectivity index (χ1n) is 4.48. The van der Waals surface area contributed by atoms with Crippen molar-refractivity contribution in [1.82, 2.24) is 0 Å². The molecule has 0 aliphatic heterocycles. The smallest absolute Gasteiger partial charge is 0.104 e. The Morgan fingerprint density at radius 3 is 3.08 bits per heavy atom. The molecule has 3 atom stereocenters. The number of rotatable bonds is 1. The highest BCUT2D eigenvalue weighted by Crippen LogP contribution is 2.44. The first-order valence-corrected chi connectivity index (χ1v) is 5.76. The van der Waals surface area contributed by atoms with Gasteiger partial charge in [0.15, 0.2) is 0 Å². The van der Waals surface area contributed by atoms with Crippen molar-refractivity contribution >= 4 is 11.8 Å². The van der Waals surface area contributed by atoms with E-state index >= 15 is 0 Å². The van der Waals surface area contributed by atoms with E-state index in [0.29, 0.717) is 12.8 Å². The molecule has 2 rings (SSSR count). The Labute approximate surface area is 82.3 Å². The normalized spacial score (nSPS) is 43.2. The molecule has 1 fully saturated rings. The van der Waals surface area contributed by atoms with E-state index in [2.05, 4.69) is 0 Å². The molecule has 2 aliphatic rings. The van der Waals surface area contributed by atoms with Crippen LogP contribution in [-0.2, 0) is 0 Å². The quantitative estimate of drug-likeness (QED) is 0.663. The van der Waals surface area contributed by atoms with Gasteiger partial charge in [0.1, 0.15) is 5.60 Å². The number of aliphatic hydroxyl groups is 2. The van der Waals surface area contributed by atoms with Crippen LogP contribution < -0.4 is 0 Å². The summed E-state index contributed by atoms with van der Waals surface area (Å²) in [5.74, 6) is 0. The lowest BCUT2D eigenvalue weighted by Gasteiger charge is -2.32. The van der Waals surface area contributed by atoms with Gasteiger partial charge in [0.2, 0.25) is 0 Å². The summed E-state index contributed by atoms with van der Waals surface area (Å²) in [4.78, 5) is 0. The fraction of sp³-hybridized carbons (Fsp3) is 0.600. The Kier molecular flexibility index (Phi) is 2.26. The maximum Gasteiger partial charge on any atom is 0.104 e. The van der Waals surface area contributed by atoms with Crippen LogP contribution in [0.5, 0.6) is 0 Å². The van der Waals surface area contributed by atoms with Crippen molar-refractivity contribution in [2.24, 2.45) is 0 Å². The summed E-state index contributed by atoms with van der Waals surface area (Å²) in [5, 5.41) is 19.9. The second kappa shape index (κ2) is 3.15. The molecular formula is C10H14O2S. The molecular weight excluding hydrogens is 184 g/mol. The Morgan fingerprint density at radius 1 is 1.62 bits per heavy atom. The Morgan fingerprint density at radius 2 is 2.38 bits per heavy atom. The molecule has 0 aromatic rings. The van der Waals surface area contributed by atoms with Gasteiger partial charge < -0.3 is 10.2 Å². The third-order valence-corrected chi connectivity index (χ3v) is 3.92. The monoisotopic (exact) mass is 198 g/mol. The molecule has 3 heteroatoms. The van der Waals surface area contributed by atoms with Gasteiger partial charge in [-0.15, -0.1) is 0 Å². The highest BCUT2D eigenvalue weighted by molar-refractivity contribution is 7.99. The second-order valence-corrected chi connectivity index (χ2v) is 4.70. The van der Waals surface area contributed by atoms with Gasteiger partial charge in [-0.05, 0) is 18.2 Å². The molecule has 2 N–H and O–H groups in total. The molecule has 2 nitrogen and oxygen atoms in total.